The molecule has 1 fully saturated rings. The van der Waals surface area contributed by atoms with Gasteiger partial charge in [-0.05, 0) is 38.9 Å². The summed E-state index contributed by atoms with van der Waals surface area (Å²) in [6.45, 7) is 4.02. The molecule has 1 saturated heterocycles. The summed E-state index contributed by atoms with van der Waals surface area (Å²) in [5, 5.41) is 3.01. The average Bonchev–Trinajstić information content (AvgIpc) is 2.99. The van der Waals surface area contributed by atoms with E-state index < -0.39 is 10.0 Å². The average molecular weight is 360 g/mol. The van der Waals surface area contributed by atoms with Crippen molar-refractivity contribution in [1.82, 2.24) is 14.5 Å². The molecule has 1 N–H and O–H groups in total. The van der Waals surface area contributed by atoms with Crippen molar-refractivity contribution in [3.8, 4) is 0 Å². The fourth-order valence-electron chi connectivity index (χ4n) is 2.74. The fourth-order valence-corrected chi connectivity index (χ4v) is 5.70. The van der Waals surface area contributed by atoms with Crippen LogP contribution in [0.1, 0.15) is 17.7 Å². The van der Waals surface area contributed by atoms with Gasteiger partial charge in [-0.25, -0.2) is 8.42 Å². The van der Waals surface area contributed by atoms with Crippen LogP contribution in [0.4, 0.5) is 0 Å². The Morgan fingerprint density at radius 3 is 2.83 bits per heavy atom. The van der Waals surface area contributed by atoms with Crippen molar-refractivity contribution in [2.45, 2.75) is 24.0 Å². The first kappa shape index (κ1) is 18.4. The molecule has 2 heterocycles. The third-order valence-corrected chi connectivity index (χ3v) is 7.45. The molecule has 1 aromatic rings. The number of carbonyl (C=O) groups excluding carboxylic acids is 1. The number of likely N-dealkylation sites (N-methyl/N-ethyl adjacent to an activating group) is 2. The SMILES string of the molecule is CNCCN(C)C(=O)C1CCCN(S(=O)(=O)c2ccc(C)s2)C1. The summed E-state index contributed by atoms with van der Waals surface area (Å²) in [7, 11) is 0.136. The molecule has 6 nitrogen and oxygen atoms in total. The third-order valence-electron chi connectivity index (χ3n) is 4.12. The number of carbonyl (C=O) groups is 1. The summed E-state index contributed by atoms with van der Waals surface area (Å²) < 4.78 is 27.3. The van der Waals surface area contributed by atoms with Crippen molar-refractivity contribution in [3.05, 3.63) is 17.0 Å². The molecule has 0 saturated carbocycles. The third kappa shape index (κ3) is 4.32. The Kier molecular flexibility index (Phi) is 6.19. The number of hydrogen-bond donors (Lipinski definition) is 1. The van der Waals surface area contributed by atoms with E-state index in [0.717, 1.165) is 24.3 Å². The Morgan fingerprint density at radius 1 is 1.48 bits per heavy atom. The molecule has 8 heteroatoms. The first-order valence-corrected chi connectivity index (χ1v) is 10.1. The number of piperidine rings is 1. The highest BCUT2D eigenvalue weighted by Crippen LogP contribution is 2.28. The van der Waals surface area contributed by atoms with Gasteiger partial charge in [-0.1, -0.05) is 0 Å². The van der Waals surface area contributed by atoms with Gasteiger partial charge in [0.1, 0.15) is 4.21 Å². The molecule has 2 rings (SSSR count). The van der Waals surface area contributed by atoms with Crippen molar-refractivity contribution in [3.63, 3.8) is 0 Å². The van der Waals surface area contributed by atoms with Crippen LogP contribution in [-0.2, 0) is 14.8 Å². The topological polar surface area (TPSA) is 69.7 Å². The van der Waals surface area contributed by atoms with E-state index in [9.17, 15) is 13.2 Å². The Labute approximate surface area is 142 Å². The predicted octanol–water partition coefficient (Wildman–Crippen LogP) is 1.14. The Bertz CT molecular complexity index is 642. The standard InChI is InChI=1S/C15H25N3O3S2/c1-12-6-7-14(22-12)23(20,21)18-9-4-5-13(11-18)15(19)17(3)10-8-16-2/h6-7,13,16H,4-5,8-11H2,1-3H3. The maximum atomic E-state index is 12.7. The molecule has 1 aliphatic heterocycles. The van der Waals surface area contributed by atoms with Crippen LogP contribution in [0.3, 0.4) is 0 Å². The van der Waals surface area contributed by atoms with Crippen molar-refractivity contribution >= 4 is 27.3 Å². The van der Waals surface area contributed by atoms with Crippen molar-refractivity contribution in [2.75, 3.05) is 40.3 Å². The lowest BCUT2D eigenvalue weighted by atomic mass is 9.98. The lowest BCUT2D eigenvalue weighted by Crippen LogP contribution is -2.46. The number of nitrogens with zero attached hydrogens (tertiary/aromatic N) is 2. The summed E-state index contributed by atoms with van der Waals surface area (Å²) in [6.07, 6.45) is 1.47. The van der Waals surface area contributed by atoms with Gasteiger partial charge in [0.2, 0.25) is 5.91 Å². The molecular weight excluding hydrogens is 334 g/mol. The fraction of sp³-hybridized carbons (Fsp3) is 0.667. The molecule has 0 aromatic carbocycles. The summed E-state index contributed by atoms with van der Waals surface area (Å²) in [4.78, 5) is 15.2. The van der Waals surface area contributed by atoms with E-state index in [0.29, 0.717) is 17.3 Å². The molecule has 1 atom stereocenters. The minimum absolute atomic E-state index is 0.0301. The molecule has 1 amide bonds. The summed E-state index contributed by atoms with van der Waals surface area (Å²) in [5.74, 6) is -0.219. The highest BCUT2D eigenvalue weighted by Gasteiger charge is 2.34. The number of aryl methyl sites for hydroxylation is 1. The minimum Gasteiger partial charge on any atom is -0.344 e. The molecule has 0 radical (unpaired) electrons. The largest absolute Gasteiger partial charge is 0.344 e. The smallest absolute Gasteiger partial charge is 0.252 e. The maximum Gasteiger partial charge on any atom is 0.252 e. The summed E-state index contributed by atoms with van der Waals surface area (Å²) in [6, 6.07) is 3.47. The summed E-state index contributed by atoms with van der Waals surface area (Å²) in [5.41, 5.74) is 0. The van der Waals surface area contributed by atoms with Crippen LogP contribution in [-0.4, -0.2) is 63.8 Å². The molecule has 130 valence electrons. The first-order valence-electron chi connectivity index (χ1n) is 7.82. The van der Waals surface area contributed by atoms with Gasteiger partial charge < -0.3 is 10.2 Å². The second kappa shape index (κ2) is 7.74. The Morgan fingerprint density at radius 2 is 2.22 bits per heavy atom. The zero-order valence-electron chi connectivity index (χ0n) is 13.9. The highest BCUT2D eigenvalue weighted by atomic mass is 32.2. The van der Waals surface area contributed by atoms with Crippen LogP contribution in [0.25, 0.3) is 0 Å². The molecule has 0 aliphatic carbocycles. The maximum absolute atomic E-state index is 12.7. The van der Waals surface area contributed by atoms with Crippen molar-refractivity contribution in [2.24, 2.45) is 5.92 Å². The van der Waals surface area contributed by atoms with Gasteiger partial charge in [0.25, 0.3) is 10.0 Å². The molecule has 0 bridgehead atoms. The molecule has 1 aliphatic rings. The number of nitrogens with one attached hydrogen (secondary N) is 1. The lowest BCUT2D eigenvalue weighted by Gasteiger charge is -2.33. The molecule has 0 spiro atoms. The Hall–Kier alpha value is -0.960. The van der Waals surface area contributed by atoms with Gasteiger partial charge in [-0.2, -0.15) is 4.31 Å². The second-order valence-electron chi connectivity index (χ2n) is 5.93. The monoisotopic (exact) mass is 359 g/mol. The number of rotatable bonds is 6. The number of thiophene rings is 1. The van der Waals surface area contributed by atoms with E-state index in [1.807, 2.05) is 20.0 Å². The van der Waals surface area contributed by atoms with E-state index in [-0.39, 0.29) is 18.4 Å². The van der Waals surface area contributed by atoms with E-state index in [1.54, 1.807) is 18.0 Å². The van der Waals surface area contributed by atoms with Gasteiger partial charge in [0.05, 0.1) is 5.92 Å². The normalized spacial score (nSPS) is 19.7. The molecular formula is C15H25N3O3S2. The second-order valence-corrected chi connectivity index (χ2v) is 9.38. The number of amides is 1. The van der Waals surface area contributed by atoms with Crippen LogP contribution in [0, 0.1) is 12.8 Å². The van der Waals surface area contributed by atoms with Crippen LogP contribution in [0.5, 0.6) is 0 Å². The van der Waals surface area contributed by atoms with Gasteiger partial charge in [-0.3, -0.25) is 4.79 Å². The first-order chi connectivity index (χ1) is 10.9. The van der Waals surface area contributed by atoms with Crippen molar-refractivity contribution < 1.29 is 13.2 Å². The highest BCUT2D eigenvalue weighted by molar-refractivity contribution is 7.91. The molecule has 1 aromatic heterocycles. The van der Waals surface area contributed by atoms with Crippen molar-refractivity contribution in [1.29, 1.82) is 0 Å². The lowest BCUT2D eigenvalue weighted by molar-refractivity contribution is -0.135. The van der Waals surface area contributed by atoms with E-state index in [1.165, 1.54) is 15.6 Å². The zero-order valence-corrected chi connectivity index (χ0v) is 15.5. The van der Waals surface area contributed by atoms with E-state index >= 15 is 0 Å². The van der Waals surface area contributed by atoms with Crippen LogP contribution in [0.15, 0.2) is 16.3 Å². The minimum atomic E-state index is -3.48. The van der Waals surface area contributed by atoms with E-state index in [4.69, 9.17) is 0 Å². The van der Waals surface area contributed by atoms with Gasteiger partial charge in [0.15, 0.2) is 0 Å². The predicted molar refractivity (Wildman–Crippen MR) is 92.1 cm³/mol. The summed E-state index contributed by atoms with van der Waals surface area (Å²) >= 11 is 1.28. The molecule has 1 unspecified atom stereocenters. The van der Waals surface area contributed by atoms with Gasteiger partial charge in [0, 0.05) is 38.1 Å². The Balaban J connectivity index is 2.07. The molecule has 23 heavy (non-hydrogen) atoms. The van der Waals surface area contributed by atoms with Gasteiger partial charge >= 0.3 is 0 Å². The van der Waals surface area contributed by atoms with Gasteiger partial charge in [-0.15, -0.1) is 11.3 Å². The van der Waals surface area contributed by atoms with Crippen LogP contribution in [0.2, 0.25) is 0 Å². The van der Waals surface area contributed by atoms with E-state index in [2.05, 4.69) is 5.32 Å². The quantitative estimate of drug-likeness (QED) is 0.827. The number of sulfonamides is 1. The zero-order chi connectivity index (χ0) is 17.0. The number of hydrogen-bond acceptors (Lipinski definition) is 5. The van der Waals surface area contributed by atoms with Crippen LogP contribution >= 0.6 is 11.3 Å². The van der Waals surface area contributed by atoms with Crippen LogP contribution < -0.4 is 5.32 Å².